The Balaban J connectivity index is 4.66. The van der Waals surface area contributed by atoms with E-state index in [9.17, 15) is 9.59 Å². The third-order valence-electron chi connectivity index (χ3n) is 1.98. The number of hydrogen-bond acceptors (Lipinski definition) is 4. The molecular weight excluding hydrogens is 204 g/mol. The van der Waals surface area contributed by atoms with E-state index < -0.39 is 22.1 Å². The summed E-state index contributed by atoms with van der Waals surface area (Å²) in [4.78, 5) is 22.1. The summed E-state index contributed by atoms with van der Waals surface area (Å²) in [7, 11) is 1.28. The molecule has 1 atom stereocenters. The van der Waals surface area contributed by atoms with Gasteiger partial charge >= 0.3 is 11.9 Å². The first-order valence-electron chi connectivity index (χ1n) is 4.17. The Labute approximate surface area is 89.0 Å². The molecule has 0 bridgehead atoms. The SMILES string of the molecule is COC(=O)C(C)(C)CC(C)(S)C(=O)O. The molecule has 0 spiro atoms. The third-order valence-corrected chi connectivity index (χ3v) is 2.33. The lowest BCUT2D eigenvalue weighted by Gasteiger charge is -2.28. The summed E-state index contributed by atoms with van der Waals surface area (Å²) in [6, 6.07) is 0. The minimum atomic E-state index is -1.22. The van der Waals surface area contributed by atoms with E-state index in [0.717, 1.165) is 0 Å². The van der Waals surface area contributed by atoms with Crippen molar-refractivity contribution >= 4 is 24.6 Å². The zero-order valence-corrected chi connectivity index (χ0v) is 9.72. The molecule has 0 heterocycles. The molecule has 0 aromatic rings. The van der Waals surface area contributed by atoms with Crippen LogP contribution >= 0.6 is 12.6 Å². The van der Waals surface area contributed by atoms with Crippen molar-refractivity contribution in [2.75, 3.05) is 7.11 Å². The first kappa shape index (κ1) is 13.3. The van der Waals surface area contributed by atoms with Crippen molar-refractivity contribution in [3.05, 3.63) is 0 Å². The summed E-state index contributed by atoms with van der Waals surface area (Å²) >= 11 is 4.00. The van der Waals surface area contributed by atoms with Gasteiger partial charge in [-0.25, -0.2) is 0 Å². The maximum atomic E-state index is 11.3. The number of methoxy groups -OCH3 is 1. The molecule has 0 aromatic carbocycles. The molecule has 0 aliphatic carbocycles. The summed E-state index contributed by atoms with van der Waals surface area (Å²) < 4.78 is 3.35. The number of carbonyl (C=O) groups excluding carboxylic acids is 1. The maximum absolute atomic E-state index is 11.3. The Morgan fingerprint density at radius 2 is 1.79 bits per heavy atom. The van der Waals surface area contributed by atoms with E-state index >= 15 is 0 Å². The number of carboxylic acids is 1. The molecule has 0 saturated heterocycles. The van der Waals surface area contributed by atoms with Crippen LogP contribution < -0.4 is 0 Å². The Kier molecular flexibility index (Phi) is 4.00. The second-order valence-corrected chi connectivity index (χ2v) is 5.12. The van der Waals surface area contributed by atoms with Gasteiger partial charge in [0.05, 0.1) is 12.5 Å². The molecule has 1 unspecified atom stereocenters. The highest BCUT2D eigenvalue weighted by atomic mass is 32.1. The van der Waals surface area contributed by atoms with Crippen molar-refractivity contribution in [2.45, 2.75) is 31.9 Å². The van der Waals surface area contributed by atoms with Crippen LogP contribution in [-0.2, 0) is 14.3 Å². The molecule has 0 fully saturated rings. The number of rotatable bonds is 4. The number of ether oxygens (including phenoxy) is 1. The maximum Gasteiger partial charge on any atom is 0.319 e. The van der Waals surface area contributed by atoms with E-state index in [1.54, 1.807) is 13.8 Å². The summed E-state index contributed by atoms with van der Waals surface area (Å²) in [6.45, 7) is 4.73. The second-order valence-electron chi connectivity index (χ2n) is 4.13. The third kappa shape index (κ3) is 3.21. The normalized spacial score (nSPS) is 15.8. The molecule has 0 radical (unpaired) electrons. The van der Waals surface area contributed by atoms with Gasteiger partial charge < -0.3 is 9.84 Å². The summed E-state index contributed by atoms with van der Waals surface area (Å²) in [5, 5.41) is 8.83. The fraction of sp³-hybridized carbons (Fsp3) is 0.778. The quantitative estimate of drug-likeness (QED) is 0.554. The number of hydrogen-bond donors (Lipinski definition) is 2. The van der Waals surface area contributed by atoms with E-state index in [1.807, 2.05) is 0 Å². The first-order chi connectivity index (χ1) is 6.13. The van der Waals surface area contributed by atoms with Crippen molar-refractivity contribution in [1.82, 2.24) is 0 Å². The van der Waals surface area contributed by atoms with E-state index in [1.165, 1.54) is 14.0 Å². The van der Waals surface area contributed by atoms with Gasteiger partial charge in [0.25, 0.3) is 0 Å². The standard InChI is InChI=1S/C9H16O4S/c1-8(2,7(12)13-4)5-9(3,14)6(10)11/h14H,5H2,1-4H3,(H,10,11). The lowest BCUT2D eigenvalue weighted by Crippen LogP contribution is -2.38. The van der Waals surface area contributed by atoms with Gasteiger partial charge in [-0.2, -0.15) is 12.6 Å². The molecule has 0 rings (SSSR count). The predicted molar refractivity (Wildman–Crippen MR) is 55.4 cm³/mol. The van der Waals surface area contributed by atoms with Crippen LogP contribution in [0.15, 0.2) is 0 Å². The van der Waals surface area contributed by atoms with Crippen molar-refractivity contribution < 1.29 is 19.4 Å². The highest BCUT2D eigenvalue weighted by molar-refractivity contribution is 7.82. The highest BCUT2D eigenvalue weighted by Gasteiger charge is 2.40. The largest absolute Gasteiger partial charge is 0.480 e. The van der Waals surface area contributed by atoms with Gasteiger partial charge in [-0.1, -0.05) is 0 Å². The molecule has 5 heteroatoms. The Morgan fingerprint density at radius 3 is 2.07 bits per heavy atom. The molecule has 82 valence electrons. The average Bonchev–Trinajstić information content (AvgIpc) is 2.00. The smallest absolute Gasteiger partial charge is 0.319 e. The van der Waals surface area contributed by atoms with Crippen LogP contribution in [0.5, 0.6) is 0 Å². The number of carboxylic acid groups (broad SMARTS) is 1. The predicted octanol–water partition coefficient (Wildman–Crippen LogP) is 1.35. The fourth-order valence-corrected chi connectivity index (χ4v) is 1.68. The monoisotopic (exact) mass is 220 g/mol. The van der Waals surface area contributed by atoms with Gasteiger partial charge in [0, 0.05) is 0 Å². The molecule has 0 aliphatic rings. The van der Waals surface area contributed by atoms with Crippen LogP contribution in [0.2, 0.25) is 0 Å². The van der Waals surface area contributed by atoms with Gasteiger partial charge in [0.1, 0.15) is 4.75 Å². The molecule has 1 N–H and O–H groups in total. The van der Waals surface area contributed by atoms with Crippen LogP contribution in [0.3, 0.4) is 0 Å². The topological polar surface area (TPSA) is 63.6 Å². The zero-order chi connectivity index (χ0) is 11.6. The number of esters is 1. The molecule has 0 amide bonds. The lowest BCUT2D eigenvalue weighted by atomic mass is 9.83. The minimum Gasteiger partial charge on any atom is -0.480 e. The second kappa shape index (κ2) is 4.21. The van der Waals surface area contributed by atoms with Crippen LogP contribution in [0.25, 0.3) is 0 Å². The van der Waals surface area contributed by atoms with E-state index in [-0.39, 0.29) is 6.42 Å². The number of thiol groups is 1. The van der Waals surface area contributed by atoms with Gasteiger partial charge in [0.2, 0.25) is 0 Å². The molecule has 0 saturated carbocycles. The van der Waals surface area contributed by atoms with Crippen LogP contribution in [0.4, 0.5) is 0 Å². The Morgan fingerprint density at radius 1 is 1.36 bits per heavy atom. The zero-order valence-electron chi connectivity index (χ0n) is 8.83. The van der Waals surface area contributed by atoms with Crippen molar-refractivity contribution in [2.24, 2.45) is 5.41 Å². The van der Waals surface area contributed by atoms with Gasteiger partial charge in [0.15, 0.2) is 0 Å². The Hall–Kier alpha value is -0.710. The van der Waals surface area contributed by atoms with Crippen molar-refractivity contribution in [3.8, 4) is 0 Å². The summed E-state index contributed by atoms with van der Waals surface area (Å²) in [5.74, 6) is -1.48. The van der Waals surface area contributed by atoms with E-state index in [4.69, 9.17) is 5.11 Å². The van der Waals surface area contributed by atoms with E-state index in [2.05, 4.69) is 17.4 Å². The van der Waals surface area contributed by atoms with Gasteiger partial charge in [-0.05, 0) is 27.2 Å². The average molecular weight is 220 g/mol. The first-order valence-corrected chi connectivity index (χ1v) is 4.62. The highest BCUT2D eigenvalue weighted by Crippen LogP contribution is 2.33. The number of aliphatic carboxylic acids is 1. The van der Waals surface area contributed by atoms with Crippen LogP contribution in [0.1, 0.15) is 27.2 Å². The molecule has 0 aromatic heterocycles. The van der Waals surface area contributed by atoms with Crippen LogP contribution in [-0.4, -0.2) is 28.9 Å². The summed E-state index contributed by atoms with van der Waals surface area (Å²) in [6.07, 6.45) is 0.116. The van der Waals surface area contributed by atoms with Gasteiger partial charge in [-0.3, -0.25) is 9.59 Å². The van der Waals surface area contributed by atoms with Crippen LogP contribution in [0, 0.1) is 5.41 Å². The van der Waals surface area contributed by atoms with Gasteiger partial charge in [-0.15, -0.1) is 0 Å². The molecule has 4 nitrogen and oxygen atoms in total. The fourth-order valence-electron chi connectivity index (χ4n) is 1.28. The molecule has 14 heavy (non-hydrogen) atoms. The lowest BCUT2D eigenvalue weighted by molar-refractivity contribution is -0.152. The van der Waals surface area contributed by atoms with Crippen molar-refractivity contribution in [3.63, 3.8) is 0 Å². The van der Waals surface area contributed by atoms with Crippen molar-refractivity contribution in [1.29, 1.82) is 0 Å². The Bertz CT molecular complexity index is 245. The number of carbonyl (C=O) groups is 2. The molecule has 0 aliphatic heterocycles. The summed E-state index contributed by atoms with van der Waals surface area (Å²) in [5.41, 5.74) is -0.844. The molecular formula is C9H16O4S. The van der Waals surface area contributed by atoms with E-state index in [0.29, 0.717) is 0 Å². The minimum absolute atomic E-state index is 0.116.